The lowest BCUT2D eigenvalue weighted by Gasteiger charge is -1.95. The van der Waals surface area contributed by atoms with Crippen LogP contribution in [0.3, 0.4) is 0 Å². The zero-order valence-electron chi connectivity index (χ0n) is 5.80. The molecule has 1 heterocycles. The molecule has 0 atom stereocenters. The normalized spacial score (nSPS) is 15.2. The highest BCUT2D eigenvalue weighted by molar-refractivity contribution is 9.10. The maximum Gasteiger partial charge on any atom is 0.163 e. The summed E-state index contributed by atoms with van der Waals surface area (Å²) in [5.41, 5.74) is 1.92. The minimum absolute atomic E-state index is 0.239. The molecule has 0 saturated carbocycles. The Kier molecular flexibility index (Phi) is 1.53. The van der Waals surface area contributed by atoms with Crippen molar-refractivity contribution in [2.45, 2.75) is 12.8 Å². The molecule has 1 aliphatic carbocycles. The number of rotatable bonds is 0. The summed E-state index contributed by atoms with van der Waals surface area (Å²) in [6.07, 6.45) is 3.27. The fourth-order valence-electron chi connectivity index (χ4n) is 1.30. The van der Waals surface area contributed by atoms with Gasteiger partial charge in [-0.1, -0.05) is 0 Å². The van der Waals surface area contributed by atoms with Gasteiger partial charge in [-0.05, 0) is 34.0 Å². The van der Waals surface area contributed by atoms with Gasteiger partial charge in [0.05, 0.1) is 0 Å². The number of nitrogens with zero attached hydrogens (tertiary/aromatic N) is 1. The number of ketones is 1. The number of hydrogen-bond acceptors (Lipinski definition) is 2. The molecule has 0 spiro atoms. The standard InChI is InChI=1S/C8H6BrNO/c9-8-3-6-5(4-10-8)1-2-7(6)11/h3-4H,1-2H2. The average Bonchev–Trinajstić information content (AvgIpc) is 2.33. The first-order valence-electron chi connectivity index (χ1n) is 3.45. The number of aryl methyl sites for hydroxylation is 1. The Morgan fingerprint density at radius 2 is 2.27 bits per heavy atom. The summed E-state index contributed by atoms with van der Waals surface area (Å²) in [7, 11) is 0. The van der Waals surface area contributed by atoms with E-state index in [4.69, 9.17) is 0 Å². The largest absolute Gasteiger partial charge is 0.294 e. The second kappa shape index (κ2) is 2.41. The monoisotopic (exact) mass is 211 g/mol. The van der Waals surface area contributed by atoms with Crippen LogP contribution in [0.5, 0.6) is 0 Å². The van der Waals surface area contributed by atoms with Gasteiger partial charge in [0, 0.05) is 18.2 Å². The molecule has 0 aromatic carbocycles. The molecule has 0 saturated heterocycles. The molecule has 2 rings (SSSR count). The molecule has 0 radical (unpaired) electrons. The predicted molar refractivity (Wildman–Crippen MR) is 44.6 cm³/mol. The summed E-state index contributed by atoms with van der Waals surface area (Å²) in [5.74, 6) is 0.239. The van der Waals surface area contributed by atoms with Gasteiger partial charge in [-0.2, -0.15) is 0 Å². The molecule has 0 aliphatic heterocycles. The van der Waals surface area contributed by atoms with Crippen molar-refractivity contribution in [1.29, 1.82) is 0 Å². The first-order chi connectivity index (χ1) is 5.27. The van der Waals surface area contributed by atoms with Gasteiger partial charge in [0.15, 0.2) is 5.78 Å². The zero-order valence-corrected chi connectivity index (χ0v) is 7.39. The van der Waals surface area contributed by atoms with E-state index in [1.165, 1.54) is 0 Å². The minimum atomic E-state index is 0.239. The Morgan fingerprint density at radius 3 is 3.09 bits per heavy atom. The van der Waals surface area contributed by atoms with Crippen molar-refractivity contribution in [1.82, 2.24) is 4.98 Å². The van der Waals surface area contributed by atoms with Crippen molar-refractivity contribution in [3.05, 3.63) is 28.0 Å². The van der Waals surface area contributed by atoms with E-state index >= 15 is 0 Å². The number of hydrogen-bond donors (Lipinski definition) is 0. The third kappa shape index (κ3) is 1.09. The summed E-state index contributed by atoms with van der Waals surface area (Å²) in [5, 5.41) is 0. The number of pyridine rings is 1. The molecule has 11 heavy (non-hydrogen) atoms. The fourth-order valence-corrected chi connectivity index (χ4v) is 1.63. The minimum Gasteiger partial charge on any atom is -0.294 e. The predicted octanol–water partition coefficient (Wildman–Crippen LogP) is 1.97. The van der Waals surface area contributed by atoms with Gasteiger partial charge in [0.1, 0.15) is 4.60 Å². The van der Waals surface area contributed by atoms with Crippen LogP contribution in [0.4, 0.5) is 0 Å². The van der Waals surface area contributed by atoms with E-state index in [-0.39, 0.29) is 5.78 Å². The van der Waals surface area contributed by atoms with Crippen molar-refractivity contribution >= 4 is 21.7 Å². The number of halogens is 1. The van der Waals surface area contributed by atoms with E-state index in [0.717, 1.165) is 22.2 Å². The van der Waals surface area contributed by atoms with E-state index in [0.29, 0.717) is 6.42 Å². The molecule has 1 aliphatic rings. The zero-order chi connectivity index (χ0) is 7.84. The van der Waals surface area contributed by atoms with Gasteiger partial charge in [-0.3, -0.25) is 4.79 Å². The van der Waals surface area contributed by atoms with Crippen molar-refractivity contribution in [2.75, 3.05) is 0 Å². The van der Waals surface area contributed by atoms with Crippen molar-refractivity contribution in [3.63, 3.8) is 0 Å². The molecule has 0 unspecified atom stereocenters. The Hall–Kier alpha value is -0.700. The highest BCUT2D eigenvalue weighted by Crippen LogP contribution is 2.22. The van der Waals surface area contributed by atoms with Crippen molar-refractivity contribution < 1.29 is 4.79 Å². The smallest absolute Gasteiger partial charge is 0.163 e. The first-order valence-corrected chi connectivity index (χ1v) is 4.24. The number of carbonyl (C=O) groups is 1. The van der Waals surface area contributed by atoms with Crippen LogP contribution < -0.4 is 0 Å². The molecular formula is C8H6BrNO. The lowest BCUT2D eigenvalue weighted by molar-refractivity contribution is 0.0994. The van der Waals surface area contributed by atoms with E-state index in [1.807, 2.05) is 0 Å². The Morgan fingerprint density at radius 1 is 1.45 bits per heavy atom. The van der Waals surface area contributed by atoms with Gasteiger partial charge >= 0.3 is 0 Å². The molecular weight excluding hydrogens is 206 g/mol. The van der Waals surface area contributed by atoms with Crippen LogP contribution in [0.25, 0.3) is 0 Å². The second-order valence-corrected chi connectivity index (χ2v) is 3.40. The Balaban J connectivity index is 2.60. The van der Waals surface area contributed by atoms with E-state index in [2.05, 4.69) is 20.9 Å². The molecule has 1 aromatic heterocycles. The van der Waals surface area contributed by atoms with Gasteiger partial charge in [0.2, 0.25) is 0 Å². The van der Waals surface area contributed by atoms with Gasteiger partial charge in [0.25, 0.3) is 0 Å². The van der Waals surface area contributed by atoms with Crippen LogP contribution in [-0.4, -0.2) is 10.8 Å². The molecule has 56 valence electrons. The van der Waals surface area contributed by atoms with Gasteiger partial charge in [-0.15, -0.1) is 0 Å². The molecule has 0 amide bonds. The summed E-state index contributed by atoms with van der Waals surface area (Å²) < 4.78 is 0.742. The van der Waals surface area contributed by atoms with Crippen molar-refractivity contribution in [3.8, 4) is 0 Å². The molecule has 1 aromatic rings. The van der Waals surface area contributed by atoms with Crippen LogP contribution in [0.2, 0.25) is 0 Å². The van der Waals surface area contributed by atoms with Gasteiger partial charge < -0.3 is 0 Å². The van der Waals surface area contributed by atoms with Crippen LogP contribution in [0.1, 0.15) is 22.3 Å². The molecule has 0 N–H and O–H groups in total. The molecule has 0 bridgehead atoms. The third-order valence-electron chi connectivity index (χ3n) is 1.87. The lowest BCUT2D eigenvalue weighted by atomic mass is 10.2. The molecule has 2 nitrogen and oxygen atoms in total. The number of Topliss-reactive ketones (excluding diaryl/α,β-unsaturated/α-hetero) is 1. The number of aromatic nitrogens is 1. The highest BCUT2D eigenvalue weighted by atomic mass is 79.9. The number of carbonyl (C=O) groups excluding carboxylic acids is 1. The maximum atomic E-state index is 11.2. The molecule has 0 fully saturated rings. The van der Waals surface area contributed by atoms with Crippen molar-refractivity contribution in [2.24, 2.45) is 0 Å². The topological polar surface area (TPSA) is 30.0 Å². The summed E-state index contributed by atoms with van der Waals surface area (Å²) in [6.45, 7) is 0. The second-order valence-electron chi connectivity index (χ2n) is 2.59. The molecule has 3 heteroatoms. The summed E-state index contributed by atoms with van der Waals surface area (Å²) in [4.78, 5) is 15.2. The van der Waals surface area contributed by atoms with E-state index in [1.54, 1.807) is 12.3 Å². The quantitative estimate of drug-likeness (QED) is 0.615. The maximum absolute atomic E-state index is 11.2. The third-order valence-corrected chi connectivity index (χ3v) is 2.31. The lowest BCUT2D eigenvalue weighted by Crippen LogP contribution is -1.91. The summed E-state index contributed by atoms with van der Waals surface area (Å²) in [6, 6.07) is 1.80. The fraction of sp³-hybridized carbons (Fsp3) is 0.250. The van der Waals surface area contributed by atoms with E-state index in [9.17, 15) is 4.79 Å². The van der Waals surface area contributed by atoms with Crippen LogP contribution in [0.15, 0.2) is 16.9 Å². The average molecular weight is 212 g/mol. The van der Waals surface area contributed by atoms with E-state index < -0.39 is 0 Å². The van der Waals surface area contributed by atoms with Crippen LogP contribution in [0, 0.1) is 0 Å². The summed E-state index contributed by atoms with van der Waals surface area (Å²) >= 11 is 3.23. The Labute approximate surface area is 72.8 Å². The van der Waals surface area contributed by atoms with Crippen LogP contribution >= 0.6 is 15.9 Å². The first kappa shape index (κ1) is 6.98. The van der Waals surface area contributed by atoms with Crippen LogP contribution in [-0.2, 0) is 6.42 Å². The highest BCUT2D eigenvalue weighted by Gasteiger charge is 2.19. The van der Waals surface area contributed by atoms with Gasteiger partial charge in [-0.25, -0.2) is 4.98 Å². The number of fused-ring (bicyclic) bond motifs is 1. The Bertz CT molecular complexity index is 322. The SMILES string of the molecule is O=C1CCc2cnc(Br)cc21.